The summed E-state index contributed by atoms with van der Waals surface area (Å²) >= 11 is 7.00. The summed E-state index contributed by atoms with van der Waals surface area (Å²) in [6.45, 7) is 1.62. The standard InChI is InChI=1S/C5H9ClN2OS/c6-7-5(9)8-1-3-10-4-2-8/h1-4H2,(H,7,9). The molecule has 0 saturated carbocycles. The van der Waals surface area contributed by atoms with Gasteiger partial charge in [-0.25, -0.2) is 9.63 Å². The maximum Gasteiger partial charge on any atom is 0.331 e. The molecule has 10 heavy (non-hydrogen) atoms. The molecular weight excluding hydrogens is 172 g/mol. The van der Waals surface area contributed by atoms with Gasteiger partial charge in [-0.15, -0.1) is 0 Å². The molecule has 0 bridgehead atoms. The molecule has 0 aromatic carbocycles. The fourth-order valence-electron chi connectivity index (χ4n) is 0.826. The fourth-order valence-corrected chi connectivity index (χ4v) is 1.85. The van der Waals surface area contributed by atoms with E-state index in [0.29, 0.717) is 0 Å². The lowest BCUT2D eigenvalue weighted by molar-refractivity contribution is 0.209. The van der Waals surface area contributed by atoms with Crippen molar-refractivity contribution in [1.29, 1.82) is 0 Å². The van der Waals surface area contributed by atoms with Crippen molar-refractivity contribution >= 4 is 29.6 Å². The number of halogens is 1. The molecule has 1 rings (SSSR count). The van der Waals surface area contributed by atoms with Gasteiger partial charge in [0.05, 0.1) is 0 Å². The molecule has 1 saturated heterocycles. The first-order valence-corrected chi connectivity index (χ1v) is 4.61. The van der Waals surface area contributed by atoms with Crippen LogP contribution in [0.15, 0.2) is 0 Å². The third kappa shape index (κ3) is 1.95. The van der Waals surface area contributed by atoms with Crippen molar-refractivity contribution in [3.8, 4) is 0 Å². The van der Waals surface area contributed by atoms with E-state index < -0.39 is 0 Å². The topological polar surface area (TPSA) is 32.3 Å². The number of hydrogen-bond donors (Lipinski definition) is 1. The third-order valence-corrected chi connectivity index (χ3v) is 2.48. The Morgan fingerprint density at radius 1 is 1.50 bits per heavy atom. The first-order chi connectivity index (χ1) is 4.84. The van der Waals surface area contributed by atoms with Crippen LogP contribution in [0, 0.1) is 0 Å². The second-order valence-corrected chi connectivity index (χ2v) is 3.41. The van der Waals surface area contributed by atoms with Crippen LogP contribution in [0.25, 0.3) is 0 Å². The molecule has 0 aliphatic carbocycles. The van der Waals surface area contributed by atoms with Crippen molar-refractivity contribution < 1.29 is 4.79 Å². The number of thioether (sulfide) groups is 1. The molecule has 1 aliphatic heterocycles. The predicted molar refractivity (Wildman–Crippen MR) is 43.3 cm³/mol. The quantitative estimate of drug-likeness (QED) is 0.562. The average Bonchev–Trinajstić information content (AvgIpc) is 2.05. The Kier molecular flexibility index (Phi) is 3.15. The van der Waals surface area contributed by atoms with Crippen LogP contribution in [0.2, 0.25) is 0 Å². The highest BCUT2D eigenvalue weighted by atomic mass is 35.5. The second kappa shape index (κ2) is 3.93. The monoisotopic (exact) mass is 180 g/mol. The molecule has 1 heterocycles. The predicted octanol–water partition coefficient (Wildman–Crippen LogP) is 0.899. The van der Waals surface area contributed by atoms with Gasteiger partial charge in [-0.05, 0) is 0 Å². The molecule has 0 unspecified atom stereocenters. The number of nitrogens with zero attached hydrogens (tertiary/aromatic N) is 1. The Morgan fingerprint density at radius 2 is 2.10 bits per heavy atom. The molecular formula is C5H9ClN2OS. The van der Waals surface area contributed by atoms with E-state index in [2.05, 4.69) is 4.84 Å². The maximum atomic E-state index is 10.8. The molecule has 5 heteroatoms. The van der Waals surface area contributed by atoms with E-state index in [0.717, 1.165) is 24.6 Å². The number of carbonyl (C=O) groups excluding carboxylic acids is 1. The average molecular weight is 181 g/mol. The van der Waals surface area contributed by atoms with Crippen molar-refractivity contribution in [3.05, 3.63) is 0 Å². The molecule has 0 spiro atoms. The van der Waals surface area contributed by atoms with Gasteiger partial charge in [0.25, 0.3) is 0 Å². The molecule has 1 N–H and O–H groups in total. The summed E-state index contributed by atoms with van der Waals surface area (Å²) in [5.74, 6) is 2.04. The van der Waals surface area contributed by atoms with Gasteiger partial charge in [0.15, 0.2) is 0 Å². The Hall–Kier alpha value is -0.0900. The van der Waals surface area contributed by atoms with Crippen LogP contribution in [-0.4, -0.2) is 35.5 Å². The number of rotatable bonds is 0. The van der Waals surface area contributed by atoms with Crippen LogP contribution in [0.1, 0.15) is 0 Å². The van der Waals surface area contributed by atoms with Gasteiger partial charge in [-0.1, -0.05) is 0 Å². The Morgan fingerprint density at radius 3 is 2.60 bits per heavy atom. The van der Waals surface area contributed by atoms with E-state index in [1.165, 1.54) is 0 Å². The van der Waals surface area contributed by atoms with Gasteiger partial charge in [0.2, 0.25) is 0 Å². The highest BCUT2D eigenvalue weighted by Gasteiger charge is 2.14. The molecule has 0 aromatic heterocycles. The first kappa shape index (κ1) is 8.01. The minimum absolute atomic E-state index is 0.179. The zero-order chi connectivity index (χ0) is 7.40. The SMILES string of the molecule is O=C(NCl)N1CCSCC1. The molecule has 0 atom stereocenters. The van der Waals surface area contributed by atoms with E-state index in [4.69, 9.17) is 11.8 Å². The number of amides is 2. The summed E-state index contributed by atoms with van der Waals surface area (Å²) in [6.07, 6.45) is 0. The normalized spacial score (nSPS) is 18.7. The second-order valence-electron chi connectivity index (χ2n) is 2.00. The van der Waals surface area contributed by atoms with Gasteiger partial charge >= 0.3 is 6.03 Å². The number of carbonyl (C=O) groups is 1. The van der Waals surface area contributed by atoms with Crippen molar-refractivity contribution in [2.45, 2.75) is 0 Å². The highest BCUT2D eigenvalue weighted by Crippen LogP contribution is 2.08. The lowest BCUT2D eigenvalue weighted by atomic mass is 10.5. The molecule has 1 aliphatic rings. The number of urea groups is 1. The summed E-state index contributed by atoms with van der Waals surface area (Å²) in [5.41, 5.74) is 0. The first-order valence-electron chi connectivity index (χ1n) is 3.08. The number of nitrogens with one attached hydrogen (secondary N) is 1. The summed E-state index contributed by atoms with van der Waals surface area (Å²) in [7, 11) is 0. The summed E-state index contributed by atoms with van der Waals surface area (Å²) in [5, 5.41) is 0. The molecule has 3 nitrogen and oxygen atoms in total. The van der Waals surface area contributed by atoms with Gasteiger partial charge in [0.1, 0.15) is 0 Å². The minimum atomic E-state index is -0.179. The number of hydrogen-bond acceptors (Lipinski definition) is 2. The van der Waals surface area contributed by atoms with Crippen LogP contribution in [0.5, 0.6) is 0 Å². The third-order valence-electron chi connectivity index (χ3n) is 1.38. The Balaban J connectivity index is 2.31. The zero-order valence-electron chi connectivity index (χ0n) is 5.47. The fraction of sp³-hybridized carbons (Fsp3) is 0.800. The van der Waals surface area contributed by atoms with Crippen LogP contribution < -0.4 is 4.84 Å². The van der Waals surface area contributed by atoms with Gasteiger partial charge < -0.3 is 4.90 Å². The van der Waals surface area contributed by atoms with Crippen LogP contribution in [0.3, 0.4) is 0 Å². The lowest BCUT2D eigenvalue weighted by Crippen LogP contribution is -2.41. The zero-order valence-corrected chi connectivity index (χ0v) is 7.04. The molecule has 0 radical (unpaired) electrons. The highest BCUT2D eigenvalue weighted by molar-refractivity contribution is 7.99. The van der Waals surface area contributed by atoms with Crippen molar-refractivity contribution in [3.63, 3.8) is 0 Å². The molecule has 58 valence electrons. The van der Waals surface area contributed by atoms with Crippen LogP contribution in [0.4, 0.5) is 4.79 Å². The van der Waals surface area contributed by atoms with Gasteiger partial charge in [-0.3, -0.25) is 0 Å². The summed E-state index contributed by atoms with van der Waals surface area (Å²) < 4.78 is 0. The largest absolute Gasteiger partial charge is 0.331 e. The Bertz CT molecular complexity index is 127. The minimum Gasteiger partial charge on any atom is -0.322 e. The van der Waals surface area contributed by atoms with E-state index in [-0.39, 0.29) is 6.03 Å². The smallest absolute Gasteiger partial charge is 0.322 e. The summed E-state index contributed by atoms with van der Waals surface area (Å²) in [4.78, 5) is 14.6. The van der Waals surface area contributed by atoms with Gasteiger partial charge in [0, 0.05) is 36.4 Å². The van der Waals surface area contributed by atoms with Crippen LogP contribution in [-0.2, 0) is 0 Å². The van der Waals surface area contributed by atoms with Gasteiger partial charge in [-0.2, -0.15) is 11.8 Å². The van der Waals surface area contributed by atoms with E-state index in [1.54, 1.807) is 4.90 Å². The summed E-state index contributed by atoms with van der Waals surface area (Å²) in [6, 6.07) is -0.179. The lowest BCUT2D eigenvalue weighted by Gasteiger charge is -2.24. The van der Waals surface area contributed by atoms with E-state index in [9.17, 15) is 4.79 Å². The van der Waals surface area contributed by atoms with E-state index >= 15 is 0 Å². The maximum absolute atomic E-state index is 10.8. The van der Waals surface area contributed by atoms with E-state index in [1.807, 2.05) is 11.8 Å². The molecule has 0 aromatic rings. The van der Waals surface area contributed by atoms with Crippen LogP contribution >= 0.6 is 23.5 Å². The van der Waals surface area contributed by atoms with Crippen molar-refractivity contribution in [1.82, 2.24) is 9.74 Å². The Labute approximate surface area is 69.2 Å². The van der Waals surface area contributed by atoms with Crippen molar-refractivity contribution in [2.75, 3.05) is 24.6 Å². The molecule has 2 amide bonds. The molecule has 1 fully saturated rings. The van der Waals surface area contributed by atoms with Crippen molar-refractivity contribution in [2.24, 2.45) is 0 Å².